The molecule has 26 heavy (non-hydrogen) atoms. The number of nitrogens with one attached hydrogen (secondary N) is 2. The lowest BCUT2D eigenvalue weighted by atomic mass is 9.84. The summed E-state index contributed by atoms with van der Waals surface area (Å²) in [5.41, 5.74) is -0.331. The molecule has 2 aliphatic rings. The average molecular weight is 388 g/mol. The standard InChI is InChI=1S/C17H33N5O3S/c1-18-16(19-8-9-22-10-12-26(24,25)13-11-22)20-14-17(6-4-5-7-17)15(23)21(2)3/h4-14H2,1-3H3,(H2,18,19,20). The molecule has 1 saturated heterocycles. The first kappa shape index (κ1) is 21.0. The van der Waals surface area contributed by atoms with Crippen molar-refractivity contribution in [2.45, 2.75) is 25.7 Å². The largest absolute Gasteiger partial charge is 0.355 e. The number of sulfone groups is 1. The molecule has 1 aliphatic heterocycles. The molecule has 2 fully saturated rings. The average Bonchev–Trinajstić information content (AvgIpc) is 3.08. The predicted octanol–water partition coefficient (Wildman–Crippen LogP) is -0.470. The van der Waals surface area contributed by atoms with Gasteiger partial charge >= 0.3 is 0 Å². The second-order valence-corrected chi connectivity index (χ2v) is 9.84. The molecule has 1 aliphatic carbocycles. The summed E-state index contributed by atoms with van der Waals surface area (Å²) in [6, 6.07) is 0. The van der Waals surface area contributed by atoms with Crippen LogP contribution in [0.3, 0.4) is 0 Å². The van der Waals surface area contributed by atoms with Gasteiger partial charge in [0.25, 0.3) is 0 Å². The van der Waals surface area contributed by atoms with E-state index in [1.807, 2.05) is 14.1 Å². The van der Waals surface area contributed by atoms with Gasteiger partial charge in [-0.2, -0.15) is 0 Å². The van der Waals surface area contributed by atoms with Crippen molar-refractivity contribution < 1.29 is 13.2 Å². The number of amides is 1. The molecule has 0 aromatic carbocycles. The summed E-state index contributed by atoms with van der Waals surface area (Å²) in [5, 5.41) is 6.59. The fourth-order valence-corrected chi connectivity index (χ4v) is 5.05. The second-order valence-electron chi connectivity index (χ2n) is 7.53. The molecule has 0 radical (unpaired) electrons. The van der Waals surface area contributed by atoms with Crippen molar-refractivity contribution in [3.8, 4) is 0 Å². The van der Waals surface area contributed by atoms with Crippen molar-refractivity contribution in [2.75, 3.05) is 65.4 Å². The minimum atomic E-state index is -2.84. The normalized spacial score (nSPS) is 22.8. The number of hydrogen-bond acceptors (Lipinski definition) is 5. The van der Waals surface area contributed by atoms with Gasteiger partial charge in [0.15, 0.2) is 15.8 Å². The molecule has 0 bridgehead atoms. The van der Waals surface area contributed by atoms with Crippen molar-refractivity contribution >= 4 is 21.7 Å². The Labute approximate surface area is 157 Å². The number of nitrogens with zero attached hydrogens (tertiary/aromatic N) is 3. The van der Waals surface area contributed by atoms with Crippen LogP contribution in [-0.4, -0.2) is 95.5 Å². The first-order chi connectivity index (χ1) is 12.3. The van der Waals surface area contributed by atoms with Crippen LogP contribution in [0.15, 0.2) is 4.99 Å². The van der Waals surface area contributed by atoms with Crippen molar-refractivity contribution in [1.29, 1.82) is 0 Å². The summed E-state index contributed by atoms with van der Waals surface area (Å²) < 4.78 is 22.9. The maximum Gasteiger partial charge on any atom is 0.230 e. The minimum Gasteiger partial charge on any atom is -0.355 e. The Kier molecular flexibility index (Phi) is 7.28. The Bertz CT molecular complexity index is 598. The van der Waals surface area contributed by atoms with E-state index < -0.39 is 9.84 Å². The Hall–Kier alpha value is -1.35. The van der Waals surface area contributed by atoms with Gasteiger partial charge in [0, 0.05) is 53.9 Å². The molecule has 2 N–H and O–H groups in total. The zero-order chi connectivity index (χ0) is 19.2. The Balaban J connectivity index is 1.77. The molecule has 0 unspecified atom stereocenters. The van der Waals surface area contributed by atoms with Crippen LogP contribution in [0.25, 0.3) is 0 Å². The Morgan fingerprint density at radius 2 is 1.77 bits per heavy atom. The molecular weight excluding hydrogens is 354 g/mol. The maximum absolute atomic E-state index is 12.6. The van der Waals surface area contributed by atoms with Gasteiger partial charge in [-0.15, -0.1) is 0 Å². The van der Waals surface area contributed by atoms with Gasteiger partial charge in [0.1, 0.15) is 0 Å². The van der Waals surface area contributed by atoms with Gasteiger partial charge in [0.2, 0.25) is 5.91 Å². The number of rotatable bonds is 6. The third-order valence-corrected chi connectivity index (χ3v) is 7.01. The summed E-state index contributed by atoms with van der Waals surface area (Å²) in [5.74, 6) is 1.37. The highest BCUT2D eigenvalue weighted by Gasteiger charge is 2.42. The topological polar surface area (TPSA) is 94.1 Å². The Morgan fingerprint density at radius 3 is 2.31 bits per heavy atom. The molecule has 1 amide bonds. The van der Waals surface area contributed by atoms with E-state index in [9.17, 15) is 13.2 Å². The lowest BCUT2D eigenvalue weighted by molar-refractivity contribution is -0.138. The molecule has 0 spiro atoms. The molecule has 150 valence electrons. The van der Waals surface area contributed by atoms with Crippen LogP contribution in [0.4, 0.5) is 0 Å². The molecule has 0 aromatic heterocycles. The van der Waals surface area contributed by atoms with Crippen LogP contribution in [0.1, 0.15) is 25.7 Å². The smallest absolute Gasteiger partial charge is 0.230 e. The Morgan fingerprint density at radius 1 is 1.15 bits per heavy atom. The first-order valence-electron chi connectivity index (χ1n) is 9.37. The molecule has 1 saturated carbocycles. The highest BCUT2D eigenvalue weighted by molar-refractivity contribution is 7.91. The van der Waals surface area contributed by atoms with Gasteiger partial charge < -0.3 is 15.5 Å². The van der Waals surface area contributed by atoms with Crippen molar-refractivity contribution in [3.05, 3.63) is 0 Å². The van der Waals surface area contributed by atoms with Gasteiger partial charge in [0.05, 0.1) is 16.9 Å². The van der Waals surface area contributed by atoms with Crippen LogP contribution in [0.2, 0.25) is 0 Å². The quantitative estimate of drug-likeness (QED) is 0.473. The number of hydrogen-bond donors (Lipinski definition) is 2. The molecule has 0 aromatic rings. The van der Waals surface area contributed by atoms with Gasteiger partial charge in [-0.05, 0) is 12.8 Å². The predicted molar refractivity (Wildman–Crippen MR) is 104 cm³/mol. The van der Waals surface area contributed by atoms with Gasteiger partial charge in [-0.3, -0.25) is 14.7 Å². The SMILES string of the molecule is CN=C(NCCN1CCS(=O)(=O)CC1)NCC1(C(=O)N(C)C)CCCC1. The highest BCUT2D eigenvalue weighted by atomic mass is 32.2. The van der Waals surface area contributed by atoms with Crippen LogP contribution < -0.4 is 10.6 Å². The summed E-state index contributed by atoms with van der Waals surface area (Å²) >= 11 is 0. The highest BCUT2D eigenvalue weighted by Crippen LogP contribution is 2.38. The number of aliphatic imine (C=N–C) groups is 1. The van der Waals surface area contributed by atoms with E-state index >= 15 is 0 Å². The number of guanidine groups is 1. The minimum absolute atomic E-state index is 0.187. The first-order valence-corrected chi connectivity index (χ1v) is 11.2. The molecule has 0 atom stereocenters. The van der Waals surface area contributed by atoms with Crippen LogP contribution in [0.5, 0.6) is 0 Å². The van der Waals surface area contributed by atoms with Crippen LogP contribution in [0, 0.1) is 5.41 Å². The molecular formula is C17H33N5O3S. The van der Waals surface area contributed by atoms with Crippen molar-refractivity contribution in [3.63, 3.8) is 0 Å². The molecule has 8 nitrogen and oxygen atoms in total. The van der Waals surface area contributed by atoms with E-state index in [0.29, 0.717) is 32.1 Å². The van der Waals surface area contributed by atoms with Crippen molar-refractivity contribution in [2.24, 2.45) is 10.4 Å². The third kappa shape index (κ3) is 5.57. The van der Waals surface area contributed by atoms with E-state index in [4.69, 9.17) is 0 Å². The van der Waals surface area contributed by atoms with Crippen LogP contribution >= 0.6 is 0 Å². The monoisotopic (exact) mass is 387 g/mol. The van der Waals surface area contributed by atoms with Gasteiger partial charge in [-0.25, -0.2) is 8.42 Å². The number of carbonyl (C=O) groups is 1. The molecule has 9 heteroatoms. The summed E-state index contributed by atoms with van der Waals surface area (Å²) in [7, 11) is 2.51. The van der Waals surface area contributed by atoms with E-state index in [0.717, 1.165) is 32.2 Å². The van der Waals surface area contributed by atoms with Crippen molar-refractivity contribution in [1.82, 2.24) is 20.4 Å². The van der Waals surface area contributed by atoms with E-state index in [1.54, 1.807) is 11.9 Å². The number of carbonyl (C=O) groups excluding carboxylic acids is 1. The van der Waals surface area contributed by atoms with E-state index in [2.05, 4.69) is 20.5 Å². The second kappa shape index (κ2) is 9.03. The van der Waals surface area contributed by atoms with E-state index in [-0.39, 0.29) is 22.8 Å². The fourth-order valence-electron chi connectivity index (χ4n) is 3.77. The van der Waals surface area contributed by atoms with Gasteiger partial charge in [-0.1, -0.05) is 12.8 Å². The summed E-state index contributed by atoms with van der Waals surface area (Å²) in [6.07, 6.45) is 4.00. The molecule has 2 rings (SSSR count). The zero-order valence-electron chi connectivity index (χ0n) is 16.3. The summed E-state index contributed by atoms with van der Waals surface area (Å²) in [4.78, 5) is 20.7. The third-order valence-electron chi connectivity index (χ3n) is 5.40. The molecule has 1 heterocycles. The lowest BCUT2D eigenvalue weighted by Crippen LogP contribution is -2.50. The lowest BCUT2D eigenvalue weighted by Gasteiger charge is -2.31. The zero-order valence-corrected chi connectivity index (χ0v) is 17.1. The van der Waals surface area contributed by atoms with Crippen LogP contribution in [-0.2, 0) is 14.6 Å². The fraction of sp³-hybridized carbons (Fsp3) is 0.882. The summed E-state index contributed by atoms with van der Waals surface area (Å²) in [6.45, 7) is 3.24. The van der Waals surface area contributed by atoms with E-state index in [1.165, 1.54) is 0 Å². The maximum atomic E-state index is 12.6.